The van der Waals surface area contributed by atoms with Gasteiger partial charge in [0.2, 0.25) is 0 Å². The van der Waals surface area contributed by atoms with E-state index in [-0.39, 0.29) is 5.91 Å². The summed E-state index contributed by atoms with van der Waals surface area (Å²) in [5, 5.41) is 2.98. The van der Waals surface area contributed by atoms with Gasteiger partial charge in [-0.1, -0.05) is 25.0 Å². The van der Waals surface area contributed by atoms with Crippen molar-refractivity contribution < 1.29 is 4.79 Å². The van der Waals surface area contributed by atoms with Gasteiger partial charge in [-0.05, 0) is 53.5 Å². The summed E-state index contributed by atoms with van der Waals surface area (Å²) in [6.45, 7) is 0.806. The summed E-state index contributed by atoms with van der Waals surface area (Å²) in [5.74, 6) is 1.01. The van der Waals surface area contributed by atoms with Gasteiger partial charge in [-0.3, -0.25) is 4.79 Å². The number of hydrogen-bond acceptors (Lipinski definition) is 1. The molecule has 0 aliphatic heterocycles. The molecule has 1 aliphatic carbocycles. The Morgan fingerprint density at radius 3 is 2.81 bits per heavy atom. The minimum absolute atomic E-state index is 0.0563. The lowest BCUT2D eigenvalue weighted by Crippen LogP contribution is -2.25. The Morgan fingerprint density at radius 2 is 2.12 bits per heavy atom. The van der Waals surface area contributed by atoms with Crippen LogP contribution in [0.25, 0.3) is 0 Å². The minimum Gasteiger partial charge on any atom is -0.352 e. The Morgan fingerprint density at radius 1 is 1.38 bits per heavy atom. The van der Waals surface area contributed by atoms with Crippen molar-refractivity contribution in [2.45, 2.75) is 25.7 Å². The second-order valence-electron chi connectivity index (χ2n) is 4.32. The molecule has 0 heterocycles. The van der Waals surface area contributed by atoms with Gasteiger partial charge in [-0.15, -0.1) is 0 Å². The van der Waals surface area contributed by atoms with Crippen LogP contribution in [0.1, 0.15) is 36.0 Å². The predicted molar refractivity (Wildman–Crippen MR) is 73.5 cm³/mol. The van der Waals surface area contributed by atoms with E-state index in [0.29, 0.717) is 0 Å². The summed E-state index contributed by atoms with van der Waals surface area (Å²) >= 11 is 2.20. The van der Waals surface area contributed by atoms with E-state index in [9.17, 15) is 4.79 Å². The molecule has 0 unspecified atom stereocenters. The standard InChI is InChI=1S/C13H16INO/c14-12-6-2-1-5-11(12)13(16)15-9-3-4-10-7-8-10/h1-2,5-6,10H,3-4,7-9H2,(H,15,16). The molecule has 1 aliphatic rings. The first kappa shape index (κ1) is 11.9. The number of carbonyl (C=O) groups is 1. The molecule has 3 heteroatoms. The fourth-order valence-electron chi connectivity index (χ4n) is 1.74. The molecule has 1 saturated carbocycles. The first-order valence-corrected chi connectivity index (χ1v) is 6.88. The molecule has 0 bridgehead atoms. The molecule has 16 heavy (non-hydrogen) atoms. The third kappa shape index (κ3) is 3.47. The third-order valence-corrected chi connectivity index (χ3v) is 3.83. The summed E-state index contributed by atoms with van der Waals surface area (Å²) in [6.07, 6.45) is 5.17. The van der Waals surface area contributed by atoms with Crippen LogP contribution in [0.5, 0.6) is 0 Å². The summed E-state index contributed by atoms with van der Waals surface area (Å²) < 4.78 is 1.01. The average Bonchev–Trinajstić information content (AvgIpc) is 3.08. The smallest absolute Gasteiger partial charge is 0.252 e. The Labute approximate surface area is 110 Å². The lowest BCUT2D eigenvalue weighted by Gasteiger charge is -2.06. The Balaban J connectivity index is 1.76. The highest BCUT2D eigenvalue weighted by atomic mass is 127. The molecule has 0 spiro atoms. The van der Waals surface area contributed by atoms with Crippen molar-refractivity contribution in [3.63, 3.8) is 0 Å². The highest BCUT2D eigenvalue weighted by molar-refractivity contribution is 14.1. The molecule has 0 atom stereocenters. The Hall–Kier alpha value is -0.580. The van der Waals surface area contributed by atoms with E-state index < -0.39 is 0 Å². The van der Waals surface area contributed by atoms with Gasteiger partial charge in [0.25, 0.3) is 5.91 Å². The van der Waals surface area contributed by atoms with Crippen molar-refractivity contribution in [2.24, 2.45) is 5.92 Å². The van der Waals surface area contributed by atoms with E-state index in [0.717, 1.165) is 28.0 Å². The number of rotatable bonds is 5. The van der Waals surface area contributed by atoms with E-state index in [1.54, 1.807) is 0 Å². The SMILES string of the molecule is O=C(NCCCC1CC1)c1ccccc1I. The van der Waals surface area contributed by atoms with E-state index >= 15 is 0 Å². The van der Waals surface area contributed by atoms with Crippen LogP contribution in [0.4, 0.5) is 0 Å². The zero-order valence-electron chi connectivity index (χ0n) is 9.21. The zero-order chi connectivity index (χ0) is 11.4. The maximum absolute atomic E-state index is 11.8. The number of nitrogens with one attached hydrogen (secondary N) is 1. The molecule has 1 N–H and O–H groups in total. The van der Waals surface area contributed by atoms with Crippen LogP contribution >= 0.6 is 22.6 Å². The van der Waals surface area contributed by atoms with Crippen LogP contribution in [0.3, 0.4) is 0 Å². The molecule has 1 fully saturated rings. The van der Waals surface area contributed by atoms with Crippen molar-refractivity contribution in [1.29, 1.82) is 0 Å². The first-order chi connectivity index (χ1) is 7.77. The average molecular weight is 329 g/mol. The van der Waals surface area contributed by atoms with Crippen LogP contribution < -0.4 is 5.32 Å². The van der Waals surface area contributed by atoms with E-state index in [1.807, 2.05) is 24.3 Å². The first-order valence-electron chi connectivity index (χ1n) is 5.80. The Bertz CT molecular complexity index is 374. The molecule has 1 amide bonds. The quantitative estimate of drug-likeness (QED) is 0.652. The van der Waals surface area contributed by atoms with Crippen LogP contribution in [0.2, 0.25) is 0 Å². The molecule has 0 radical (unpaired) electrons. The number of halogens is 1. The number of benzene rings is 1. The van der Waals surface area contributed by atoms with Crippen LogP contribution in [0, 0.1) is 9.49 Å². The molecule has 0 saturated heterocycles. The highest BCUT2D eigenvalue weighted by Gasteiger charge is 2.20. The second kappa shape index (κ2) is 5.66. The summed E-state index contributed by atoms with van der Waals surface area (Å²) in [6, 6.07) is 7.69. The number of amides is 1. The van der Waals surface area contributed by atoms with Gasteiger partial charge >= 0.3 is 0 Å². The van der Waals surface area contributed by atoms with Crippen molar-refractivity contribution in [3.05, 3.63) is 33.4 Å². The van der Waals surface area contributed by atoms with Crippen molar-refractivity contribution in [3.8, 4) is 0 Å². The van der Waals surface area contributed by atoms with Crippen molar-refractivity contribution in [2.75, 3.05) is 6.54 Å². The molecule has 86 valence electrons. The molecule has 2 rings (SSSR count). The number of hydrogen-bond donors (Lipinski definition) is 1. The highest BCUT2D eigenvalue weighted by Crippen LogP contribution is 2.33. The molecular formula is C13H16INO. The van der Waals surface area contributed by atoms with Crippen LogP contribution in [0.15, 0.2) is 24.3 Å². The fourth-order valence-corrected chi connectivity index (χ4v) is 2.37. The second-order valence-corrected chi connectivity index (χ2v) is 5.48. The number of carbonyl (C=O) groups excluding carboxylic acids is 1. The van der Waals surface area contributed by atoms with Gasteiger partial charge < -0.3 is 5.32 Å². The van der Waals surface area contributed by atoms with E-state index in [4.69, 9.17) is 0 Å². The topological polar surface area (TPSA) is 29.1 Å². The minimum atomic E-state index is 0.0563. The maximum Gasteiger partial charge on any atom is 0.252 e. The van der Waals surface area contributed by atoms with Gasteiger partial charge in [0, 0.05) is 10.1 Å². The fraction of sp³-hybridized carbons (Fsp3) is 0.462. The summed E-state index contributed by atoms with van der Waals surface area (Å²) in [7, 11) is 0. The normalized spacial score (nSPS) is 14.8. The monoisotopic (exact) mass is 329 g/mol. The van der Waals surface area contributed by atoms with Gasteiger partial charge in [-0.25, -0.2) is 0 Å². The molecule has 2 nitrogen and oxygen atoms in total. The molecule has 1 aromatic carbocycles. The molecule has 1 aromatic rings. The largest absolute Gasteiger partial charge is 0.352 e. The van der Waals surface area contributed by atoms with Gasteiger partial charge in [0.1, 0.15) is 0 Å². The zero-order valence-corrected chi connectivity index (χ0v) is 11.4. The lowest BCUT2D eigenvalue weighted by molar-refractivity contribution is 0.0952. The molecule has 0 aromatic heterocycles. The van der Waals surface area contributed by atoms with Crippen LogP contribution in [-0.2, 0) is 0 Å². The third-order valence-electron chi connectivity index (χ3n) is 2.89. The van der Waals surface area contributed by atoms with E-state index in [2.05, 4.69) is 27.9 Å². The molecular weight excluding hydrogens is 313 g/mol. The lowest BCUT2D eigenvalue weighted by atomic mass is 10.2. The van der Waals surface area contributed by atoms with Crippen molar-refractivity contribution in [1.82, 2.24) is 5.32 Å². The summed E-state index contributed by atoms with van der Waals surface area (Å²) in [4.78, 5) is 11.8. The predicted octanol–water partition coefficient (Wildman–Crippen LogP) is 3.21. The van der Waals surface area contributed by atoms with Gasteiger partial charge in [0.05, 0.1) is 5.56 Å². The van der Waals surface area contributed by atoms with Crippen LogP contribution in [-0.4, -0.2) is 12.5 Å². The van der Waals surface area contributed by atoms with Gasteiger partial charge in [-0.2, -0.15) is 0 Å². The van der Waals surface area contributed by atoms with Gasteiger partial charge in [0.15, 0.2) is 0 Å². The summed E-state index contributed by atoms with van der Waals surface area (Å²) in [5.41, 5.74) is 0.787. The Kier molecular flexibility index (Phi) is 4.21. The van der Waals surface area contributed by atoms with Crippen molar-refractivity contribution >= 4 is 28.5 Å². The maximum atomic E-state index is 11.8. The van der Waals surface area contributed by atoms with E-state index in [1.165, 1.54) is 19.3 Å².